The Kier molecular flexibility index (Phi) is 6.87. The molecule has 3 aromatic heterocycles. The first kappa shape index (κ1) is 25.4. The molecule has 0 fully saturated rings. The summed E-state index contributed by atoms with van der Waals surface area (Å²) in [5.74, 6) is 0.542. The predicted octanol–water partition coefficient (Wildman–Crippen LogP) is 3.69. The van der Waals surface area contributed by atoms with Gasteiger partial charge in [0, 0.05) is 38.7 Å². The van der Waals surface area contributed by atoms with Gasteiger partial charge in [-0.25, -0.2) is 10.1 Å². The molecule has 0 spiro atoms. The molecule has 0 aliphatic heterocycles. The molecular formula is C27H30N8O3. The third-order valence-corrected chi connectivity index (χ3v) is 6.77. The molecule has 11 heteroatoms. The monoisotopic (exact) mass is 514 g/mol. The highest BCUT2D eigenvalue weighted by Gasteiger charge is 2.28. The number of nitrogens with zero attached hydrogens (tertiary/aromatic N) is 6. The first-order valence-electron chi connectivity index (χ1n) is 12.3. The number of aromatic amines is 2. The molecular weight excluding hydrogens is 484 g/mol. The zero-order valence-electron chi connectivity index (χ0n) is 22.0. The van der Waals surface area contributed by atoms with Crippen LogP contribution in [0.15, 0.2) is 53.3 Å². The van der Waals surface area contributed by atoms with E-state index in [1.165, 1.54) is 0 Å². The number of benzene rings is 2. The van der Waals surface area contributed by atoms with Gasteiger partial charge in [0.2, 0.25) is 5.82 Å². The summed E-state index contributed by atoms with van der Waals surface area (Å²) in [7, 11) is 3.16. The highest BCUT2D eigenvalue weighted by Crippen LogP contribution is 2.30. The largest absolute Gasteiger partial charge is 0.353 e. The normalized spacial score (nSPS) is 12.1. The van der Waals surface area contributed by atoms with Crippen LogP contribution in [0.25, 0.3) is 33.5 Å². The minimum absolute atomic E-state index is 0.0898. The Bertz CT molecular complexity index is 1600. The Hall–Kier alpha value is -4.22. The minimum Gasteiger partial charge on any atom is -0.353 e. The van der Waals surface area contributed by atoms with Crippen molar-refractivity contribution in [2.24, 2.45) is 0 Å². The maximum Gasteiger partial charge on any atom is 0.290 e. The van der Waals surface area contributed by atoms with Crippen molar-refractivity contribution in [1.82, 2.24) is 40.4 Å². The van der Waals surface area contributed by atoms with E-state index >= 15 is 0 Å². The van der Waals surface area contributed by atoms with Gasteiger partial charge in [0.25, 0.3) is 5.56 Å². The summed E-state index contributed by atoms with van der Waals surface area (Å²) in [6.07, 6.45) is 0.330. The zero-order chi connectivity index (χ0) is 26.9. The average molecular weight is 515 g/mol. The van der Waals surface area contributed by atoms with E-state index in [9.17, 15) is 4.79 Å². The topological polar surface area (TPSA) is 136 Å². The second-order valence-electron chi connectivity index (χ2n) is 9.60. The van der Waals surface area contributed by atoms with Gasteiger partial charge in [0.15, 0.2) is 5.79 Å². The molecule has 5 aromatic rings. The summed E-state index contributed by atoms with van der Waals surface area (Å²) in [6, 6.07) is 16.2. The van der Waals surface area contributed by atoms with Crippen molar-refractivity contribution in [3.05, 3.63) is 76.0 Å². The fourth-order valence-electron chi connectivity index (χ4n) is 4.56. The average Bonchev–Trinajstić information content (AvgIpc) is 3.60. The van der Waals surface area contributed by atoms with Gasteiger partial charge in [0.1, 0.15) is 16.9 Å². The molecule has 0 saturated heterocycles. The molecule has 5 rings (SSSR count). The van der Waals surface area contributed by atoms with Crippen LogP contribution in [-0.2, 0) is 22.4 Å². The van der Waals surface area contributed by atoms with Crippen molar-refractivity contribution >= 4 is 11.0 Å². The highest BCUT2D eigenvalue weighted by atomic mass is 16.7. The number of tetrazole rings is 1. The van der Waals surface area contributed by atoms with Gasteiger partial charge >= 0.3 is 0 Å². The fraction of sp³-hybridized carbons (Fsp3) is 0.333. The molecule has 0 atom stereocenters. The molecule has 0 saturated carbocycles. The van der Waals surface area contributed by atoms with Crippen molar-refractivity contribution < 1.29 is 9.47 Å². The summed E-state index contributed by atoms with van der Waals surface area (Å²) >= 11 is 0. The summed E-state index contributed by atoms with van der Waals surface area (Å²) < 4.78 is 13.0. The molecule has 38 heavy (non-hydrogen) atoms. The highest BCUT2D eigenvalue weighted by molar-refractivity contribution is 5.80. The van der Waals surface area contributed by atoms with Gasteiger partial charge in [-0.05, 0) is 28.8 Å². The molecule has 3 heterocycles. The molecule has 0 aliphatic carbocycles. The standard InChI is InChI=1S/C27H30N8O3/c1-16(2)25-28-22-21(14-27(3,37-4)38-5)29-32-26(36)23(22)35(25)15-17-10-12-18(13-11-17)19-8-6-7-9-20(19)24-30-33-34-31-24/h6-13,16H,14-15H2,1-5H3,(H,32,36)(H,30,31,33,34). The van der Waals surface area contributed by atoms with E-state index in [0.29, 0.717) is 35.5 Å². The number of hydrogen-bond acceptors (Lipinski definition) is 8. The van der Waals surface area contributed by atoms with Crippen LogP contribution in [0.2, 0.25) is 0 Å². The number of methoxy groups -OCH3 is 2. The Morgan fingerprint density at radius 3 is 2.34 bits per heavy atom. The van der Waals surface area contributed by atoms with E-state index in [1.807, 2.05) is 35.8 Å². The second-order valence-corrected chi connectivity index (χ2v) is 9.60. The summed E-state index contributed by atoms with van der Waals surface area (Å²) in [5.41, 5.74) is 5.32. The van der Waals surface area contributed by atoms with Crippen molar-refractivity contribution in [2.45, 2.75) is 45.4 Å². The van der Waals surface area contributed by atoms with Gasteiger partial charge in [-0.15, -0.1) is 10.2 Å². The van der Waals surface area contributed by atoms with Crippen LogP contribution in [-0.4, -0.2) is 60.4 Å². The van der Waals surface area contributed by atoms with E-state index < -0.39 is 5.79 Å². The number of nitrogens with one attached hydrogen (secondary N) is 2. The van der Waals surface area contributed by atoms with E-state index in [1.54, 1.807) is 14.2 Å². The van der Waals surface area contributed by atoms with Crippen LogP contribution < -0.4 is 5.56 Å². The van der Waals surface area contributed by atoms with Crippen LogP contribution in [0.4, 0.5) is 0 Å². The lowest BCUT2D eigenvalue weighted by Gasteiger charge is -2.25. The van der Waals surface area contributed by atoms with E-state index in [-0.39, 0.29) is 11.5 Å². The number of hydrogen-bond donors (Lipinski definition) is 2. The number of ether oxygens (including phenoxy) is 2. The zero-order valence-corrected chi connectivity index (χ0v) is 22.0. The van der Waals surface area contributed by atoms with Crippen LogP contribution in [0, 0.1) is 0 Å². The van der Waals surface area contributed by atoms with Crippen molar-refractivity contribution in [2.75, 3.05) is 14.2 Å². The minimum atomic E-state index is -0.895. The summed E-state index contributed by atoms with van der Waals surface area (Å²) in [6.45, 7) is 6.43. The Morgan fingerprint density at radius 1 is 1.00 bits per heavy atom. The maximum absolute atomic E-state index is 13.0. The number of fused-ring (bicyclic) bond motifs is 1. The third kappa shape index (κ3) is 4.73. The SMILES string of the molecule is COC(C)(Cc1n[nH]c(=O)c2c1nc(C(C)C)n2Cc1ccc(-c2ccccc2-c2nn[nH]n2)cc1)OC. The lowest BCUT2D eigenvalue weighted by atomic mass is 9.98. The number of rotatable bonds is 9. The first-order valence-corrected chi connectivity index (χ1v) is 12.3. The van der Waals surface area contributed by atoms with E-state index in [0.717, 1.165) is 28.1 Å². The van der Waals surface area contributed by atoms with Gasteiger partial charge < -0.3 is 14.0 Å². The second kappa shape index (κ2) is 10.3. The Balaban J connectivity index is 1.53. The number of imidazole rings is 1. The smallest absolute Gasteiger partial charge is 0.290 e. The van der Waals surface area contributed by atoms with Gasteiger partial charge in [-0.1, -0.05) is 62.4 Å². The summed E-state index contributed by atoms with van der Waals surface area (Å²) in [4.78, 5) is 17.9. The molecule has 0 unspecified atom stereocenters. The molecule has 11 nitrogen and oxygen atoms in total. The van der Waals surface area contributed by atoms with Crippen LogP contribution in [0.3, 0.4) is 0 Å². The lowest BCUT2D eigenvalue weighted by molar-refractivity contribution is -0.192. The van der Waals surface area contributed by atoms with E-state index in [4.69, 9.17) is 14.5 Å². The lowest BCUT2D eigenvalue weighted by Crippen LogP contribution is -2.33. The van der Waals surface area contributed by atoms with Gasteiger partial charge in [-0.2, -0.15) is 10.3 Å². The van der Waals surface area contributed by atoms with Crippen LogP contribution in [0.5, 0.6) is 0 Å². The van der Waals surface area contributed by atoms with Gasteiger partial charge in [-0.3, -0.25) is 4.79 Å². The van der Waals surface area contributed by atoms with Crippen LogP contribution >= 0.6 is 0 Å². The van der Waals surface area contributed by atoms with Crippen molar-refractivity contribution in [3.63, 3.8) is 0 Å². The molecule has 196 valence electrons. The summed E-state index contributed by atoms with van der Waals surface area (Å²) in [5, 5.41) is 21.4. The van der Waals surface area contributed by atoms with Crippen LogP contribution in [0.1, 0.15) is 43.8 Å². The maximum atomic E-state index is 13.0. The van der Waals surface area contributed by atoms with Gasteiger partial charge in [0.05, 0.1) is 5.69 Å². The quantitative estimate of drug-likeness (QED) is 0.284. The van der Waals surface area contributed by atoms with E-state index in [2.05, 4.69) is 68.9 Å². The molecule has 0 bridgehead atoms. The molecule has 2 aromatic carbocycles. The molecule has 2 N–H and O–H groups in total. The number of H-pyrrole nitrogens is 2. The third-order valence-electron chi connectivity index (χ3n) is 6.77. The number of aromatic nitrogens is 8. The predicted molar refractivity (Wildman–Crippen MR) is 143 cm³/mol. The molecule has 0 radical (unpaired) electrons. The fourth-order valence-corrected chi connectivity index (χ4v) is 4.56. The van der Waals surface area contributed by atoms with Crippen molar-refractivity contribution in [3.8, 4) is 22.5 Å². The Labute approximate surface area is 219 Å². The van der Waals surface area contributed by atoms with Crippen molar-refractivity contribution in [1.29, 1.82) is 0 Å². The Morgan fingerprint density at radius 2 is 1.71 bits per heavy atom. The first-order chi connectivity index (χ1) is 18.3. The molecule has 0 aliphatic rings. The molecule has 0 amide bonds.